The van der Waals surface area contributed by atoms with Gasteiger partial charge in [0.15, 0.2) is 29.6 Å². The number of pyridine rings is 1. The molecule has 1 aliphatic heterocycles. The molecule has 7 heteroatoms. The summed E-state index contributed by atoms with van der Waals surface area (Å²) in [4.78, 5) is 12.4. The highest BCUT2D eigenvalue weighted by Gasteiger charge is 2.32. The molecule has 1 atom stereocenters. The summed E-state index contributed by atoms with van der Waals surface area (Å²) >= 11 is 0. The number of carbonyl (C=O) groups excluding carboxylic acids is 1. The molecule has 1 amide bonds. The van der Waals surface area contributed by atoms with Gasteiger partial charge >= 0.3 is 0 Å². The Morgan fingerprint density at radius 1 is 1.30 bits per heavy atom. The third-order valence-electron chi connectivity index (χ3n) is 4.52. The van der Waals surface area contributed by atoms with Gasteiger partial charge in [-0.3, -0.25) is 9.20 Å². The Labute approximate surface area is 157 Å². The lowest BCUT2D eigenvalue weighted by Crippen LogP contribution is -2.32. The number of rotatable bonds is 5. The van der Waals surface area contributed by atoms with Gasteiger partial charge in [0, 0.05) is 18.2 Å². The zero-order chi connectivity index (χ0) is 19.0. The molecule has 4 rings (SSSR count). The van der Waals surface area contributed by atoms with Crippen LogP contribution in [-0.4, -0.2) is 32.7 Å². The van der Waals surface area contributed by atoms with Gasteiger partial charge in [-0.1, -0.05) is 18.2 Å². The second-order valence-electron chi connectivity index (χ2n) is 7.35. The van der Waals surface area contributed by atoms with E-state index in [0.717, 1.165) is 23.4 Å². The Bertz CT molecular complexity index is 996. The second-order valence-corrected chi connectivity index (χ2v) is 7.35. The normalized spacial score (nSPS) is 15.8. The van der Waals surface area contributed by atoms with E-state index in [1.54, 1.807) is 0 Å². The van der Waals surface area contributed by atoms with Crippen LogP contribution in [0.1, 0.15) is 38.2 Å². The summed E-state index contributed by atoms with van der Waals surface area (Å²) < 4.78 is 13.6. The van der Waals surface area contributed by atoms with Gasteiger partial charge < -0.3 is 14.8 Å². The van der Waals surface area contributed by atoms with E-state index >= 15 is 0 Å². The van der Waals surface area contributed by atoms with Gasteiger partial charge in [0.05, 0.1) is 6.04 Å². The topological polar surface area (TPSA) is 77.8 Å². The first-order valence-corrected chi connectivity index (χ1v) is 8.96. The number of nitrogens with zero attached hydrogens (tertiary/aromatic N) is 3. The van der Waals surface area contributed by atoms with Crippen molar-refractivity contribution in [3.63, 3.8) is 0 Å². The summed E-state index contributed by atoms with van der Waals surface area (Å²) in [6, 6.07) is 11.1. The Balaban J connectivity index is 1.40. The molecule has 27 heavy (non-hydrogen) atoms. The van der Waals surface area contributed by atoms with Crippen molar-refractivity contribution in [3.8, 4) is 11.5 Å². The number of carbonyl (C=O) groups is 1. The van der Waals surface area contributed by atoms with Crippen LogP contribution in [0.5, 0.6) is 11.5 Å². The Kier molecular flexibility index (Phi) is 4.22. The van der Waals surface area contributed by atoms with Crippen molar-refractivity contribution >= 4 is 11.6 Å². The molecule has 1 aliphatic rings. The molecular formula is C20H22N4O3. The predicted octanol–water partition coefficient (Wildman–Crippen LogP) is 2.70. The molecule has 1 N–H and O–H groups in total. The van der Waals surface area contributed by atoms with Gasteiger partial charge in [-0.15, -0.1) is 10.2 Å². The number of amides is 1. The monoisotopic (exact) mass is 366 g/mol. The summed E-state index contributed by atoms with van der Waals surface area (Å²) in [6.45, 7) is 5.84. The van der Waals surface area contributed by atoms with Crippen molar-refractivity contribution in [1.29, 1.82) is 0 Å². The van der Waals surface area contributed by atoms with Gasteiger partial charge in [-0.25, -0.2) is 0 Å². The van der Waals surface area contributed by atoms with E-state index in [1.165, 1.54) is 0 Å². The lowest BCUT2D eigenvalue weighted by Gasteiger charge is -2.18. The molecule has 2 aromatic heterocycles. The molecule has 3 heterocycles. The minimum atomic E-state index is -0.296. The quantitative estimate of drug-likeness (QED) is 0.751. The second kappa shape index (κ2) is 6.57. The van der Waals surface area contributed by atoms with Gasteiger partial charge in [-0.05, 0) is 39.0 Å². The van der Waals surface area contributed by atoms with Crippen LogP contribution in [0.4, 0.5) is 0 Å². The highest BCUT2D eigenvalue weighted by Crippen LogP contribution is 2.41. The van der Waals surface area contributed by atoms with Crippen LogP contribution in [0.3, 0.4) is 0 Å². The van der Waals surface area contributed by atoms with Crippen LogP contribution in [0.2, 0.25) is 0 Å². The van der Waals surface area contributed by atoms with Crippen LogP contribution in [-0.2, 0) is 11.2 Å². The van der Waals surface area contributed by atoms with Crippen LogP contribution in [0, 0.1) is 0 Å². The molecule has 3 aromatic rings. The summed E-state index contributed by atoms with van der Waals surface area (Å²) in [5.74, 6) is 1.76. The van der Waals surface area contributed by atoms with Gasteiger partial charge in [0.2, 0.25) is 0 Å². The van der Waals surface area contributed by atoms with Crippen LogP contribution >= 0.6 is 0 Å². The highest BCUT2D eigenvalue weighted by atomic mass is 16.5. The van der Waals surface area contributed by atoms with E-state index in [-0.39, 0.29) is 24.2 Å². The van der Waals surface area contributed by atoms with Crippen molar-refractivity contribution in [3.05, 3.63) is 54.0 Å². The average molecular weight is 366 g/mol. The zero-order valence-corrected chi connectivity index (χ0v) is 15.6. The summed E-state index contributed by atoms with van der Waals surface area (Å²) in [5.41, 5.74) is 1.58. The van der Waals surface area contributed by atoms with E-state index in [2.05, 4.69) is 15.5 Å². The molecule has 1 unspecified atom stereocenters. The molecule has 1 aromatic carbocycles. The number of benzene rings is 1. The lowest BCUT2D eigenvalue weighted by molar-refractivity contribution is -0.123. The first-order chi connectivity index (χ1) is 12.9. The van der Waals surface area contributed by atoms with E-state index < -0.39 is 0 Å². The Morgan fingerprint density at radius 2 is 2.15 bits per heavy atom. The Morgan fingerprint density at radius 3 is 3.00 bits per heavy atom. The van der Waals surface area contributed by atoms with E-state index in [1.807, 2.05) is 67.8 Å². The SMILES string of the molecule is CC(NC(=O)COc1cccc2c1OC(C)(C)C2)c1nnc2ccccn12. The number of nitrogens with one attached hydrogen (secondary N) is 1. The van der Waals surface area contributed by atoms with Crippen LogP contribution < -0.4 is 14.8 Å². The molecule has 140 valence electrons. The fraction of sp³-hybridized carbons (Fsp3) is 0.350. The van der Waals surface area contributed by atoms with Crippen LogP contribution in [0.25, 0.3) is 5.65 Å². The lowest BCUT2D eigenvalue weighted by atomic mass is 10.0. The maximum atomic E-state index is 12.4. The molecule has 0 saturated heterocycles. The minimum Gasteiger partial charge on any atom is -0.483 e. The molecule has 0 fully saturated rings. The smallest absolute Gasteiger partial charge is 0.258 e. The highest BCUT2D eigenvalue weighted by molar-refractivity contribution is 5.78. The third kappa shape index (κ3) is 3.45. The number of ether oxygens (including phenoxy) is 2. The molecule has 0 saturated carbocycles. The standard InChI is InChI=1S/C20H22N4O3/c1-13(19-23-22-16-9-4-5-10-24(16)19)21-17(25)12-26-15-8-6-7-14-11-20(2,3)27-18(14)15/h4-10,13H,11-12H2,1-3H3,(H,21,25). The number of para-hydroxylation sites is 1. The maximum Gasteiger partial charge on any atom is 0.258 e. The predicted molar refractivity (Wildman–Crippen MR) is 99.9 cm³/mol. The molecule has 0 radical (unpaired) electrons. The zero-order valence-electron chi connectivity index (χ0n) is 15.6. The Hall–Kier alpha value is -3.09. The van der Waals surface area contributed by atoms with E-state index in [0.29, 0.717) is 11.6 Å². The largest absolute Gasteiger partial charge is 0.483 e. The molecular weight excluding hydrogens is 344 g/mol. The van der Waals surface area contributed by atoms with Crippen molar-refractivity contribution in [1.82, 2.24) is 19.9 Å². The van der Waals surface area contributed by atoms with Crippen molar-refractivity contribution in [2.75, 3.05) is 6.61 Å². The maximum absolute atomic E-state index is 12.4. The first kappa shape index (κ1) is 17.3. The summed E-state index contributed by atoms with van der Waals surface area (Å²) in [5, 5.41) is 11.2. The first-order valence-electron chi connectivity index (χ1n) is 8.96. The van der Waals surface area contributed by atoms with Gasteiger partial charge in [0.25, 0.3) is 5.91 Å². The third-order valence-corrected chi connectivity index (χ3v) is 4.52. The fourth-order valence-corrected chi connectivity index (χ4v) is 3.35. The van der Waals surface area contributed by atoms with Gasteiger partial charge in [0.1, 0.15) is 5.60 Å². The summed E-state index contributed by atoms with van der Waals surface area (Å²) in [6.07, 6.45) is 2.69. The number of hydrogen-bond donors (Lipinski definition) is 1. The average Bonchev–Trinajstić information content (AvgIpc) is 3.19. The number of fused-ring (bicyclic) bond motifs is 2. The van der Waals surface area contributed by atoms with E-state index in [4.69, 9.17) is 9.47 Å². The number of aromatic nitrogens is 3. The minimum absolute atomic E-state index is 0.0959. The number of hydrogen-bond acceptors (Lipinski definition) is 5. The van der Waals surface area contributed by atoms with E-state index in [9.17, 15) is 4.79 Å². The fourth-order valence-electron chi connectivity index (χ4n) is 3.35. The van der Waals surface area contributed by atoms with Crippen molar-refractivity contribution < 1.29 is 14.3 Å². The molecule has 7 nitrogen and oxygen atoms in total. The van der Waals surface area contributed by atoms with Crippen molar-refractivity contribution in [2.45, 2.75) is 38.8 Å². The van der Waals surface area contributed by atoms with Crippen LogP contribution in [0.15, 0.2) is 42.6 Å². The molecule has 0 aliphatic carbocycles. The molecule has 0 spiro atoms. The van der Waals surface area contributed by atoms with Gasteiger partial charge in [-0.2, -0.15) is 0 Å². The summed E-state index contributed by atoms with van der Waals surface area (Å²) in [7, 11) is 0. The van der Waals surface area contributed by atoms with Crippen molar-refractivity contribution in [2.24, 2.45) is 0 Å². The molecule has 0 bridgehead atoms.